The van der Waals surface area contributed by atoms with E-state index >= 15 is 0 Å². The number of nitrogens with two attached hydrogens (primary N) is 1. The van der Waals surface area contributed by atoms with Crippen LogP contribution in [-0.4, -0.2) is 17.9 Å². The minimum Gasteiger partial charge on any atom is -0.494 e. The van der Waals surface area contributed by atoms with Gasteiger partial charge in [0.15, 0.2) is 0 Å². The van der Waals surface area contributed by atoms with Gasteiger partial charge in [-0.3, -0.25) is 0 Å². The van der Waals surface area contributed by atoms with Crippen LogP contribution in [0, 0.1) is 0 Å². The second-order valence-electron chi connectivity index (χ2n) is 4.30. The largest absolute Gasteiger partial charge is 0.494 e. The standard InChI is InChI=1S/C13H21NOS/c1-4-15-11-5-7-12(8-6-11)16-13(2,3)9-10-14/h5-8H,4,9-10,14H2,1-3H3. The lowest BCUT2D eigenvalue weighted by molar-refractivity contribution is 0.340. The zero-order chi connectivity index (χ0) is 12.0. The van der Waals surface area contributed by atoms with Crippen LogP contribution in [0.15, 0.2) is 29.2 Å². The molecule has 0 aliphatic rings. The summed E-state index contributed by atoms with van der Waals surface area (Å²) in [7, 11) is 0. The fourth-order valence-corrected chi connectivity index (χ4v) is 2.62. The molecule has 0 saturated carbocycles. The number of hydrogen-bond donors (Lipinski definition) is 1. The molecule has 0 amide bonds. The fraction of sp³-hybridized carbons (Fsp3) is 0.538. The summed E-state index contributed by atoms with van der Waals surface area (Å²) >= 11 is 1.86. The van der Waals surface area contributed by atoms with Crippen LogP contribution in [0.25, 0.3) is 0 Å². The smallest absolute Gasteiger partial charge is 0.119 e. The number of benzene rings is 1. The van der Waals surface area contributed by atoms with Crippen LogP contribution in [-0.2, 0) is 0 Å². The predicted molar refractivity (Wildman–Crippen MR) is 71.2 cm³/mol. The van der Waals surface area contributed by atoms with Crippen LogP contribution >= 0.6 is 11.8 Å². The molecule has 0 atom stereocenters. The molecule has 2 nitrogen and oxygen atoms in total. The normalized spacial score (nSPS) is 11.5. The van der Waals surface area contributed by atoms with Gasteiger partial charge in [0.05, 0.1) is 6.61 Å². The van der Waals surface area contributed by atoms with Crippen LogP contribution in [0.1, 0.15) is 27.2 Å². The summed E-state index contributed by atoms with van der Waals surface area (Å²) in [5.41, 5.74) is 5.60. The van der Waals surface area contributed by atoms with E-state index in [4.69, 9.17) is 10.5 Å². The molecular weight excluding hydrogens is 218 g/mol. The lowest BCUT2D eigenvalue weighted by Gasteiger charge is -2.23. The highest BCUT2D eigenvalue weighted by Crippen LogP contribution is 2.35. The van der Waals surface area contributed by atoms with Gasteiger partial charge in [0.1, 0.15) is 5.75 Å². The molecule has 0 fully saturated rings. The van der Waals surface area contributed by atoms with Crippen molar-refractivity contribution in [2.75, 3.05) is 13.2 Å². The topological polar surface area (TPSA) is 35.2 Å². The van der Waals surface area contributed by atoms with E-state index < -0.39 is 0 Å². The van der Waals surface area contributed by atoms with Crippen molar-refractivity contribution in [1.29, 1.82) is 0 Å². The fourth-order valence-electron chi connectivity index (χ4n) is 1.49. The molecule has 0 unspecified atom stereocenters. The molecule has 16 heavy (non-hydrogen) atoms. The highest BCUT2D eigenvalue weighted by atomic mass is 32.2. The van der Waals surface area contributed by atoms with E-state index in [2.05, 4.69) is 26.0 Å². The van der Waals surface area contributed by atoms with E-state index in [1.807, 2.05) is 30.8 Å². The summed E-state index contributed by atoms with van der Waals surface area (Å²) in [5.74, 6) is 0.934. The van der Waals surface area contributed by atoms with E-state index in [-0.39, 0.29) is 4.75 Å². The Morgan fingerprint density at radius 2 is 1.88 bits per heavy atom. The summed E-state index contributed by atoms with van der Waals surface area (Å²) < 4.78 is 5.61. The molecule has 0 aliphatic carbocycles. The van der Waals surface area contributed by atoms with Gasteiger partial charge in [0, 0.05) is 9.64 Å². The summed E-state index contributed by atoms with van der Waals surface area (Å²) in [4.78, 5) is 1.27. The minimum atomic E-state index is 0.196. The Hall–Kier alpha value is -0.670. The molecule has 0 bridgehead atoms. The maximum atomic E-state index is 5.60. The molecule has 0 aromatic heterocycles. The third-order valence-electron chi connectivity index (χ3n) is 2.28. The number of hydrogen-bond acceptors (Lipinski definition) is 3. The molecule has 90 valence electrons. The Morgan fingerprint density at radius 3 is 2.38 bits per heavy atom. The van der Waals surface area contributed by atoms with Crippen molar-refractivity contribution in [3.63, 3.8) is 0 Å². The molecule has 1 aromatic carbocycles. The van der Waals surface area contributed by atoms with Gasteiger partial charge in [-0.1, -0.05) is 13.8 Å². The van der Waals surface area contributed by atoms with Crippen molar-refractivity contribution < 1.29 is 4.74 Å². The van der Waals surface area contributed by atoms with Gasteiger partial charge in [0.25, 0.3) is 0 Å². The van der Waals surface area contributed by atoms with Crippen LogP contribution in [0.2, 0.25) is 0 Å². The Kier molecular flexibility index (Phi) is 5.16. The maximum absolute atomic E-state index is 5.60. The van der Waals surface area contributed by atoms with E-state index in [0.29, 0.717) is 6.61 Å². The maximum Gasteiger partial charge on any atom is 0.119 e. The Labute approximate surface area is 103 Å². The highest BCUT2D eigenvalue weighted by molar-refractivity contribution is 8.00. The van der Waals surface area contributed by atoms with Gasteiger partial charge in [-0.15, -0.1) is 11.8 Å². The quantitative estimate of drug-likeness (QED) is 0.774. The molecule has 1 rings (SSSR count). The first-order valence-electron chi connectivity index (χ1n) is 5.69. The highest BCUT2D eigenvalue weighted by Gasteiger charge is 2.18. The molecule has 0 radical (unpaired) electrons. The summed E-state index contributed by atoms with van der Waals surface area (Å²) in [6.07, 6.45) is 1.02. The number of rotatable bonds is 6. The zero-order valence-electron chi connectivity index (χ0n) is 10.3. The van der Waals surface area contributed by atoms with Crippen molar-refractivity contribution in [3.8, 4) is 5.75 Å². The van der Waals surface area contributed by atoms with Crippen LogP contribution < -0.4 is 10.5 Å². The Morgan fingerprint density at radius 1 is 1.25 bits per heavy atom. The van der Waals surface area contributed by atoms with Crippen molar-refractivity contribution in [2.45, 2.75) is 36.8 Å². The predicted octanol–water partition coefficient (Wildman–Crippen LogP) is 3.30. The average molecular weight is 239 g/mol. The monoisotopic (exact) mass is 239 g/mol. The zero-order valence-corrected chi connectivity index (χ0v) is 11.1. The lowest BCUT2D eigenvalue weighted by atomic mass is 10.1. The van der Waals surface area contributed by atoms with Gasteiger partial charge < -0.3 is 10.5 Å². The van der Waals surface area contributed by atoms with E-state index in [1.165, 1.54) is 4.90 Å². The molecule has 0 saturated heterocycles. The second-order valence-corrected chi connectivity index (χ2v) is 6.09. The van der Waals surface area contributed by atoms with Crippen LogP contribution in [0.5, 0.6) is 5.75 Å². The van der Waals surface area contributed by atoms with Gasteiger partial charge in [-0.2, -0.15) is 0 Å². The van der Waals surface area contributed by atoms with Crippen molar-refractivity contribution >= 4 is 11.8 Å². The number of thioether (sulfide) groups is 1. The molecule has 0 spiro atoms. The molecule has 1 aromatic rings. The Bertz CT molecular complexity index is 308. The van der Waals surface area contributed by atoms with Crippen molar-refractivity contribution in [3.05, 3.63) is 24.3 Å². The third kappa shape index (κ3) is 4.45. The van der Waals surface area contributed by atoms with Gasteiger partial charge in [0.2, 0.25) is 0 Å². The summed E-state index contributed by atoms with van der Waals surface area (Å²) in [6.45, 7) is 7.89. The van der Waals surface area contributed by atoms with Crippen LogP contribution in [0.4, 0.5) is 0 Å². The first-order valence-corrected chi connectivity index (χ1v) is 6.51. The minimum absolute atomic E-state index is 0.196. The second kappa shape index (κ2) is 6.16. The first-order chi connectivity index (χ1) is 7.57. The molecule has 0 heterocycles. The average Bonchev–Trinajstić information content (AvgIpc) is 2.21. The summed E-state index contributed by atoms with van der Waals surface area (Å²) in [6, 6.07) is 8.25. The van der Waals surface area contributed by atoms with Gasteiger partial charge in [-0.25, -0.2) is 0 Å². The SMILES string of the molecule is CCOc1ccc(SC(C)(C)CCN)cc1. The van der Waals surface area contributed by atoms with Crippen molar-refractivity contribution in [1.82, 2.24) is 0 Å². The van der Waals surface area contributed by atoms with E-state index in [0.717, 1.165) is 18.7 Å². The molecule has 0 aliphatic heterocycles. The third-order valence-corrected chi connectivity index (χ3v) is 3.54. The van der Waals surface area contributed by atoms with Gasteiger partial charge >= 0.3 is 0 Å². The molecule has 3 heteroatoms. The number of ether oxygens (including phenoxy) is 1. The Balaban J connectivity index is 2.61. The van der Waals surface area contributed by atoms with E-state index in [9.17, 15) is 0 Å². The first kappa shape index (κ1) is 13.4. The molecular formula is C13H21NOS. The van der Waals surface area contributed by atoms with Crippen molar-refractivity contribution in [2.24, 2.45) is 5.73 Å². The summed E-state index contributed by atoms with van der Waals surface area (Å²) in [5, 5.41) is 0. The van der Waals surface area contributed by atoms with E-state index in [1.54, 1.807) is 0 Å². The van der Waals surface area contributed by atoms with Crippen LogP contribution in [0.3, 0.4) is 0 Å². The molecule has 2 N–H and O–H groups in total. The van der Waals surface area contributed by atoms with Gasteiger partial charge in [-0.05, 0) is 44.2 Å². The lowest BCUT2D eigenvalue weighted by Crippen LogP contribution is -2.19.